The van der Waals surface area contributed by atoms with Crippen LogP contribution in [0, 0.1) is 6.92 Å². The molecule has 2 aromatic rings. The first-order valence-corrected chi connectivity index (χ1v) is 5.83. The highest BCUT2D eigenvalue weighted by atomic mass is 32.1. The molecule has 0 aliphatic heterocycles. The van der Waals surface area contributed by atoms with Crippen molar-refractivity contribution in [2.45, 2.75) is 6.92 Å². The van der Waals surface area contributed by atoms with E-state index in [1.54, 1.807) is 18.4 Å². The van der Waals surface area contributed by atoms with Crippen LogP contribution in [-0.4, -0.2) is 24.5 Å². The van der Waals surface area contributed by atoms with E-state index in [4.69, 9.17) is 0 Å². The van der Waals surface area contributed by atoms with Gasteiger partial charge >= 0.3 is 0 Å². The minimum atomic E-state index is -0.0454. The van der Waals surface area contributed by atoms with Gasteiger partial charge in [-0.15, -0.1) is 0 Å². The Labute approximate surface area is 97.7 Å². The van der Waals surface area contributed by atoms with Crippen LogP contribution in [0.1, 0.15) is 5.56 Å². The molecule has 0 fully saturated rings. The van der Waals surface area contributed by atoms with Crippen LogP contribution in [0.25, 0.3) is 10.2 Å². The Morgan fingerprint density at radius 1 is 1.50 bits per heavy atom. The Kier molecular flexibility index (Phi) is 3.05. The van der Waals surface area contributed by atoms with E-state index in [1.165, 1.54) is 0 Å². The molecule has 0 radical (unpaired) electrons. The number of aryl methyl sites for hydroxylation is 1. The zero-order valence-corrected chi connectivity index (χ0v) is 10.0. The molecule has 0 atom stereocenters. The number of nitrogens with one attached hydrogen (secondary N) is 2. The summed E-state index contributed by atoms with van der Waals surface area (Å²) < 4.78 is 1.14. The number of likely N-dealkylation sites (N-methyl/N-ethyl adjacent to an activating group) is 1. The van der Waals surface area contributed by atoms with Gasteiger partial charge < -0.3 is 10.6 Å². The van der Waals surface area contributed by atoms with Gasteiger partial charge in [0.1, 0.15) is 0 Å². The highest BCUT2D eigenvalue weighted by molar-refractivity contribution is 7.22. The van der Waals surface area contributed by atoms with Gasteiger partial charge in [-0.3, -0.25) is 4.79 Å². The number of amides is 1. The Morgan fingerprint density at radius 2 is 2.31 bits per heavy atom. The Hall–Kier alpha value is -1.62. The van der Waals surface area contributed by atoms with E-state index < -0.39 is 0 Å². The number of rotatable bonds is 3. The van der Waals surface area contributed by atoms with Crippen LogP contribution in [-0.2, 0) is 4.79 Å². The van der Waals surface area contributed by atoms with Gasteiger partial charge in [-0.25, -0.2) is 4.98 Å². The molecule has 0 unspecified atom stereocenters. The standard InChI is InChI=1S/C11H13N3OS/c1-7-4-3-5-8-10(7)14-11(16-8)13-6-9(15)12-2/h3-5H,6H2,1-2H3,(H,12,15)(H,13,14). The van der Waals surface area contributed by atoms with Gasteiger partial charge in [-0.2, -0.15) is 0 Å². The van der Waals surface area contributed by atoms with Crippen LogP contribution in [0.2, 0.25) is 0 Å². The van der Waals surface area contributed by atoms with Crippen LogP contribution in [0.15, 0.2) is 18.2 Å². The molecule has 5 heteroatoms. The molecule has 0 saturated carbocycles. The highest BCUT2D eigenvalue weighted by Crippen LogP contribution is 2.27. The van der Waals surface area contributed by atoms with Crippen molar-refractivity contribution in [2.24, 2.45) is 0 Å². The van der Waals surface area contributed by atoms with E-state index in [-0.39, 0.29) is 12.5 Å². The van der Waals surface area contributed by atoms with E-state index >= 15 is 0 Å². The van der Waals surface area contributed by atoms with Crippen molar-refractivity contribution in [1.82, 2.24) is 10.3 Å². The molecule has 0 aliphatic carbocycles. The number of carbonyl (C=O) groups is 1. The summed E-state index contributed by atoms with van der Waals surface area (Å²) in [6.45, 7) is 2.29. The summed E-state index contributed by atoms with van der Waals surface area (Å²) in [7, 11) is 1.62. The number of hydrogen-bond donors (Lipinski definition) is 2. The van der Waals surface area contributed by atoms with Gasteiger partial charge in [0.15, 0.2) is 5.13 Å². The smallest absolute Gasteiger partial charge is 0.239 e. The quantitative estimate of drug-likeness (QED) is 0.852. The largest absolute Gasteiger partial charge is 0.358 e. The van der Waals surface area contributed by atoms with E-state index in [0.717, 1.165) is 20.9 Å². The third kappa shape index (κ3) is 2.14. The second kappa shape index (κ2) is 4.49. The summed E-state index contributed by atoms with van der Waals surface area (Å²) in [6.07, 6.45) is 0. The molecule has 4 nitrogen and oxygen atoms in total. The first kappa shape index (κ1) is 10.9. The number of hydrogen-bond acceptors (Lipinski definition) is 4. The molecule has 2 N–H and O–H groups in total. The number of thiazole rings is 1. The topological polar surface area (TPSA) is 54.0 Å². The molecule has 0 saturated heterocycles. The number of para-hydroxylation sites is 1. The zero-order valence-electron chi connectivity index (χ0n) is 9.20. The summed E-state index contributed by atoms with van der Waals surface area (Å²) in [5.41, 5.74) is 2.16. The van der Waals surface area contributed by atoms with E-state index in [0.29, 0.717) is 0 Å². The molecule has 2 rings (SSSR count). The van der Waals surface area contributed by atoms with Crippen molar-refractivity contribution in [3.05, 3.63) is 23.8 Å². The molecule has 1 heterocycles. The fourth-order valence-electron chi connectivity index (χ4n) is 1.41. The van der Waals surface area contributed by atoms with Crippen LogP contribution in [0.4, 0.5) is 5.13 Å². The summed E-state index contributed by atoms with van der Waals surface area (Å²) >= 11 is 1.56. The van der Waals surface area contributed by atoms with Crippen LogP contribution in [0.5, 0.6) is 0 Å². The normalized spacial score (nSPS) is 10.4. The summed E-state index contributed by atoms with van der Waals surface area (Å²) in [5, 5.41) is 6.35. The fraction of sp³-hybridized carbons (Fsp3) is 0.273. The average molecular weight is 235 g/mol. The molecule has 1 aromatic heterocycles. The first-order valence-electron chi connectivity index (χ1n) is 5.01. The van der Waals surface area contributed by atoms with Gasteiger partial charge in [-0.05, 0) is 18.6 Å². The van der Waals surface area contributed by atoms with Gasteiger partial charge in [0.2, 0.25) is 5.91 Å². The predicted octanol–water partition coefficient (Wildman–Crippen LogP) is 1.76. The number of aromatic nitrogens is 1. The molecular formula is C11H13N3OS. The van der Waals surface area contributed by atoms with Gasteiger partial charge in [0, 0.05) is 7.05 Å². The first-order chi connectivity index (χ1) is 7.70. The monoisotopic (exact) mass is 235 g/mol. The van der Waals surface area contributed by atoms with Crippen molar-refractivity contribution >= 4 is 32.6 Å². The Bertz CT molecular complexity index is 521. The van der Waals surface area contributed by atoms with Crippen molar-refractivity contribution < 1.29 is 4.79 Å². The lowest BCUT2D eigenvalue weighted by molar-refractivity contribution is -0.118. The molecule has 0 aliphatic rings. The van der Waals surface area contributed by atoms with Crippen LogP contribution in [0.3, 0.4) is 0 Å². The van der Waals surface area contributed by atoms with Crippen molar-refractivity contribution in [1.29, 1.82) is 0 Å². The van der Waals surface area contributed by atoms with Gasteiger partial charge in [-0.1, -0.05) is 23.5 Å². The van der Waals surface area contributed by atoms with Crippen LogP contribution < -0.4 is 10.6 Å². The number of nitrogens with zero attached hydrogens (tertiary/aromatic N) is 1. The number of fused-ring (bicyclic) bond motifs is 1. The summed E-state index contributed by atoms with van der Waals surface area (Å²) in [4.78, 5) is 15.5. The average Bonchev–Trinajstić information content (AvgIpc) is 2.70. The third-order valence-corrected chi connectivity index (χ3v) is 3.28. The predicted molar refractivity (Wildman–Crippen MR) is 66.9 cm³/mol. The molecule has 1 amide bonds. The lowest BCUT2D eigenvalue weighted by Crippen LogP contribution is -2.26. The SMILES string of the molecule is CNC(=O)CNc1nc2c(C)cccc2s1. The Morgan fingerprint density at radius 3 is 3.00 bits per heavy atom. The van der Waals surface area contributed by atoms with E-state index in [9.17, 15) is 4.79 Å². The lowest BCUT2D eigenvalue weighted by Gasteiger charge is -1.99. The fourth-order valence-corrected chi connectivity index (χ4v) is 2.35. The number of carbonyl (C=O) groups excluding carboxylic acids is 1. The number of benzene rings is 1. The highest BCUT2D eigenvalue weighted by Gasteiger charge is 2.06. The second-order valence-corrected chi connectivity index (χ2v) is 4.50. The van der Waals surface area contributed by atoms with Crippen molar-refractivity contribution in [3.63, 3.8) is 0 Å². The van der Waals surface area contributed by atoms with Crippen molar-refractivity contribution in [2.75, 3.05) is 18.9 Å². The minimum absolute atomic E-state index is 0.0454. The van der Waals surface area contributed by atoms with Crippen molar-refractivity contribution in [3.8, 4) is 0 Å². The molecule has 16 heavy (non-hydrogen) atoms. The maximum absolute atomic E-state index is 11.1. The summed E-state index contributed by atoms with van der Waals surface area (Å²) in [5.74, 6) is -0.0454. The lowest BCUT2D eigenvalue weighted by atomic mass is 10.2. The van der Waals surface area contributed by atoms with Gasteiger partial charge in [0.05, 0.1) is 16.8 Å². The van der Waals surface area contributed by atoms with Crippen LogP contribution >= 0.6 is 11.3 Å². The second-order valence-electron chi connectivity index (χ2n) is 3.47. The van der Waals surface area contributed by atoms with Gasteiger partial charge in [0.25, 0.3) is 0 Å². The van der Waals surface area contributed by atoms with E-state index in [1.807, 2.05) is 25.1 Å². The molecular weight excluding hydrogens is 222 g/mol. The van der Waals surface area contributed by atoms with E-state index in [2.05, 4.69) is 15.6 Å². The maximum Gasteiger partial charge on any atom is 0.239 e. The molecule has 0 bridgehead atoms. The molecule has 0 spiro atoms. The third-order valence-electron chi connectivity index (χ3n) is 2.30. The zero-order chi connectivity index (χ0) is 11.5. The Balaban J connectivity index is 2.20. The summed E-state index contributed by atoms with van der Waals surface area (Å²) in [6, 6.07) is 6.08. The minimum Gasteiger partial charge on any atom is -0.358 e. The molecule has 1 aromatic carbocycles. The maximum atomic E-state index is 11.1. The number of anilines is 1. The molecule has 84 valence electrons.